The second kappa shape index (κ2) is 3.82. The molecule has 5 heteroatoms. The molecule has 0 aliphatic rings. The molecule has 1 aromatic rings. The molecule has 0 aliphatic heterocycles. The third-order valence-electron chi connectivity index (χ3n) is 1.86. The molecule has 1 rings (SSSR count). The second-order valence-electron chi connectivity index (χ2n) is 3.13. The first-order valence-electron chi connectivity index (χ1n) is 3.97. The van der Waals surface area contributed by atoms with Crippen LogP contribution in [0.5, 0.6) is 0 Å². The molecule has 0 aromatic heterocycles. The summed E-state index contributed by atoms with van der Waals surface area (Å²) in [6.07, 6.45) is 2.61. The van der Waals surface area contributed by atoms with E-state index < -0.39 is 20.6 Å². The third kappa shape index (κ3) is 2.22. The zero-order valence-corrected chi connectivity index (χ0v) is 9.91. The van der Waals surface area contributed by atoms with Crippen molar-refractivity contribution in [2.24, 2.45) is 0 Å². The molecule has 0 heterocycles. The Morgan fingerprint density at radius 1 is 1.29 bits per heavy atom. The first-order valence-corrected chi connectivity index (χ1v) is 7.42. The van der Waals surface area contributed by atoms with Crippen LogP contribution in [0.15, 0.2) is 28.0 Å². The van der Waals surface area contributed by atoms with Gasteiger partial charge in [-0.05, 0) is 18.6 Å². The zero-order valence-electron chi connectivity index (χ0n) is 8.27. The Morgan fingerprint density at radius 2 is 1.86 bits per heavy atom. The smallest absolute Gasteiger partial charge is 0.176 e. The normalized spacial score (nSPS) is 13.9. The highest BCUT2D eigenvalue weighted by Crippen LogP contribution is 2.22. The van der Waals surface area contributed by atoms with E-state index in [0.717, 1.165) is 11.8 Å². The Labute approximate surface area is 86.5 Å². The van der Waals surface area contributed by atoms with Crippen molar-refractivity contribution in [1.29, 1.82) is 0 Å². The van der Waals surface area contributed by atoms with Crippen molar-refractivity contribution < 1.29 is 12.6 Å². The molecular weight excluding hydrogens is 220 g/mol. The van der Waals surface area contributed by atoms with Gasteiger partial charge in [0.1, 0.15) is 0 Å². The fourth-order valence-electron chi connectivity index (χ4n) is 1.29. The third-order valence-corrected chi connectivity index (χ3v) is 4.25. The quantitative estimate of drug-likeness (QED) is 0.768. The van der Waals surface area contributed by atoms with Crippen LogP contribution in [0, 0.1) is 6.92 Å². The monoisotopic (exact) mass is 232 g/mol. The average Bonchev–Trinajstić information content (AvgIpc) is 2.01. The van der Waals surface area contributed by atoms with E-state index >= 15 is 0 Å². The molecule has 0 spiro atoms. The van der Waals surface area contributed by atoms with Gasteiger partial charge in [-0.1, -0.05) is 12.1 Å². The van der Waals surface area contributed by atoms with Gasteiger partial charge in [0.25, 0.3) is 0 Å². The fourth-order valence-corrected chi connectivity index (χ4v) is 3.79. The van der Waals surface area contributed by atoms with Gasteiger partial charge in [0.05, 0.1) is 20.6 Å². The van der Waals surface area contributed by atoms with Crippen LogP contribution in [0.25, 0.3) is 0 Å². The topological polar surface area (TPSA) is 51.2 Å². The van der Waals surface area contributed by atoms with Gasteiger partial charge in [0.2, 0.25) is 0 Å². The molecule has 0 aliphatic carbocycles. The minimum absolute atomic E-state index is 0.165. The predicted molar refractivity (Wildman–Crippen MR) is 56.6 cm³/mol. The number of rotatable bonds is 2. The van der Waals surface area contributed by atoms with E-state index in [1.807, 2.05) is 0 Å². The van der Waals surface area contributed by atoms with Crippen molar-refractivity contribution in [2.45, 2.75) is 16.7 Å². The maximum Gasteiger partial charge on any atom is 0.176 e. The van der Waals surface area contributed by atoms with E-state index in [-0.39, 0.29) is 4.90 Å². The van der Waals surface area contributed by atoms with E-state index in [9.17, 15) is 12.6 Å². The number of aryl methyl sites for hydroxylation is 1. The van der Waals surface area contributed by atoms with E-state index in [1.165, 1.54) is 12.3 Å². The summed E-state index contributed by atoms with van der Waals surface area (Å²) in [5.41, 5.74) is 0.744. The highest BCUT2D eigenvalue weighted by atomic mass is 32.2. The number of hydrogen-bond donors (Lipinski definition) is 0. The second-order valence-corrected chi connectivity index (χ2v) is 6.43. The summed E-state index contributed by atoms with van der Waals surface area (Å²) in [5.74, 6) is 0. The lowest BCUT2D eigenvalue weighted by Crippen LogP contribution is -2.05. The first kappa shape index (κ1) is 11.4. The van der Waals surface area contributed by atoms with Crippen LogP contribution in [-0.2, 0) is 20.6 Å². The van der Waals surface area contributed by atoms with E-state index in [4.69, 9.17) is 0 Å². The molecule has 1 aromatic carbocycles. The first-order chi connectivity index (χ1) is 6.34. The molecule has 14 heavy (non-hydrogen) atoms. The highest BCUT2D eigenvalue weighted by molar-refractivity contribution is 7.92. The van der Waals surface area contributed by atoms with Crippen LogP contribution in [0.2, 0.25) is 0 Å². The fraction of sp³-hybridized carbons (Fsp3) is 0.333. The van der Waals surface area contributed by atoms with Crippen LogP contribution in [0.4, 0.5) is 0 Å². The van der Waals surface area contributed by atoms with Crippen molar-refractivity contribution in [3.63, 3.8) is 0 Å². The Balaban J connectivity index is 3.61. The summed E-state index contributed by atoms with van der Waals surface area (Å²) in [4.78, 5) is 0.577. The van der Waals surface area contributed by atoms with Crippen molar-refractivity contribution >= 4 is 20.6 Å². The molecule has 0 bridgehead atoms. The minimum atomic E-state index is -3.29. The summed E-state index contributed by atoms with van der Waals surface area (Å²) in [7, 11) is -4.57. The van der Waals surface area contributed by atoms with Crippen LogP contribution < -0.4 is 0 Å². The van der Waals surface area contributed by atoms with Gasteiger partial charge in [-0.15, -0.1) is 0 Å². The molecule has 1 atom stereocenters. The number of benzene rings is 1. The molecule has 0 N–H and O–H groups in total. The highest BCUT2D eigenvalue weighted by Gasteiger charge is 2.16. The van der Waals surface area contributed by atoms with Gasteiger partial charge in [-0.3, -0.25) is 4.21 Å². The minimum Gasteiger partial charge on any atom is -0.255 e. The Morgan fingerprint density at radius 3 is 2.21 bits per heavy atom. The Kier molecular flexibility index (Phi) is 3.11. The van der Waals surface area contributed by atoms with E-state index in [2.05, 4.69) is 0 Å². The lowest BCUT2D eigenvalue weighted by molar-refractivity contribution is 0.599. The van der Waals surface area contributed by atoms with Crippen molar-refractivity contribution in [1.82, 2.24) is 0 Å². The van der Waals surface area contributed by atoms with Gasteiger partial charge in [-0.25, -0.2) is 8.42 Å². The maximum atomic E-state index is 11.4. The van der Waals surface area contributed by atoms with E-state index in [0.29, 0.717) is 4.90 Å². The summed E-state index contributed by atoms with van der Waals surface area (Å²) < 4.78 is 34.1. The Hall–Kier alpha value is -0.680. The molecule has 78 valence electrons. The molecule has 0 radical (unpaired) electrons. The van der Waals surface area contributed by atoms with Gasteiger partial charge < -0.3 is 0 Å². The molecule has 0 saturated heterocycles. The molecule has 1 unspecified atom stereocenters. The van der Waals surface area contributed by atoms with E-state index in [1.54, 1.807) is 19.1 Å². The van der Waals surface area contributed by atoms with Crippen LogP contribution in [0.1, 0.15) is 5.56 Å². The number of sulfone groups is 1. The SMILES string of the molecule is Cc1cccc(S(C)(=O)=O)c1S(C)=O. The molecule has 0 saturated carbocycles. The Bertz CT molecular complexity index is 475. The van der Waals surface area contributed by atoms with Crippen LogP contribution >= 0.6 is 0 Å². The average molecular weight is 232 g/mol. The summed E-state index contributed by atoms with van der Waals surface area (Å²) in [5, 5.41) is 0. The molecular formula is C9H12O3S2. The standard InChI is InChI=1S/C9H12O3S2/c1-7-5-4-6-8(14(3,11)12)9(7)13(2)10/h4-6H,1-3H3. The van der Waals surface area contributed by atoms with Crippen LogP contribution in [0.3, 0.4) is 0 Å². The van der Waals surface area contributed by atoms with Gasteiger partial charge >= 0.3 is 0 Å². The molecule has 0 fully saturated rings. The van der Waals surface area contributed by atoms with Crippen molar-refractivity contribution in [3.05, 3.63) is 23.8 Å². The summed E-state index contributed by atoms with van der Waals surface area (Å²) >= 11 is 0. The van der Waals surface area contributed by atoms with Crippen LogP contribution in [-0.4, -0.2) is 25.1 Å². The largest absolute Gasteiger partial charge is 0.255 e. The van der Waals surface area contributed by atoms with Gasteiger partial charge in [0.15, 0.2) is 9.84 Å². The lowest BCUT2D eigenvalue weighted by Gasteiger charge is -2.07. The number of hydrogen-bond acceptors (Lipinski definition) is 3. The van der Waals surface area contributed by atoms with Crippen molar-refractivity contribution in [2.75, 3.05) is 12.5 Å². The van der Waals surface area contributed by atoms with Crippen molar-refractivity contribution in [3.8, 4) is 0 Å². The predicted octanol–water partition coefficient (Wildman–Crippen LogP) is 1.14. The van der Waals surface area contributed by atoms with Gasteiger partial charge in [0, 0.05) is 12.5 Å². The van der Waals surface area contributed by atoms with Gasteiger partial charge in [-0.2, -0.15) is 0 Å². The zero-order chi connectivity index (χ0) is 10.9. The molecule has 3 nitrogen and oxygen atoms in total. The maximum absolute atomic E-state index is 11.4. The summed E-state index contributed by atoms with van der Waals surface area (Å²) in [6.45, 7) is 1.76. The summed E-state index contributed by atoms with van der Waals surface area (Å²) in [6, 6.07) is 4.90. The molecule has 0 amide bonds. The lowest BCUT2D eigenvalue weighted by atomic mass is 10.2.